The topological polar surface area (TPSA) is 78.8 Å². The van der Waals surface area contributed by atoms with E-state index in [0.29, 0.717) is 5.75 Å². The van der Waals surface area contributed by atoms with E-state index < -0.39 is 11.6 Å². The number of carboxylic acids is 1. The van der Waals surface area contributed by atoms with Crippen LogP contribution in [0.5, 0.6) is 5.75 Å². The molecule has 1 aromatic carbocycles. The van der Waals surface area contributed by atoms with Gasteiger partial charge in [-0.05, 0) is 25.0 Å². The number of carboxylic acid groups (broad SMARTS) is 1. The summed E-state index contributed by atoms with van der Waals surface area (Å²) in [5.74, 6) is -0.879. The number of hydrogen-bond acceptors (Lipinski definition) is 4. The zero-order valence-corrected chi connectivity index (χ0v) is 13.6. The van der Waals surface area contributed by atoms with E-state index >= 15 is 0 Å². The molecular formula is C17H27NO4. The number of rotatable bonds is 6. The summed E-state index contributed by atoms with van der Waals surface area (Å²) >= 11 is 0. The quantitative estimate of drug-likeness (QED) is 0.752. The molecule has 0 spiro atoms. The fourth-order valence-corrected chi connectivity index (χ4v) is 2.69. The third-order valence-electron chi connectivity index (χ3n) is 3.98. The van der Waals surface area contributed by atoms with Crippen molar-refractivity contribution in [1.82, 2.24) is 0 Å². The largest absolute Gasteiger partial charge is 0.490 e. The van der Waals surface area contributed by atoms with Crippen molar-refractivity contribution in [1.29, 1.82) is 0 Å². The van der Waals surface area contributed by atoms with Crippen LogP contribution in [0.15, 0.2) is 24.3 Å². The molecule has 1 aliphatic carbocycles. The van der Waals surface area contributed by atoms with E-state index in [0.717, 1.165) is 31.4 Å². The number of hydrogen-bond donors (Lipinski definition) is 3. The van der Waals surface area contributed by atoms with Crippen LogP contribution in [0, 0.1) is 5.92 Å². The maximum Gasteiger partial charge on any atom is 0.339 e. The molecule has 0 heterocycles. The van der Waals surface area contributed by atoms with Gasteiger partial charge in [0, 0.05) is 24.7 Å². The van der Waals surface area contributed by atoms with Gasteiger partial charge in [0.05, 0.1) is 0 Å². The minimum absolute atomic E-state index is 0.222. The first kappa shape index (κ1) is 18.3. The Morgan fingerprint density at radius 3 is 2.55 bits per heavy atom. The number of aliphatic hydroxyl groups is 1. The minimum atomic E-state index is -1.80. The first-order valence-electron chi connectivity index (χ1n) is 7.92. The van der Waals surface area contributed by atoms with Crippen LogP contribution in [0.1, 0.15) is 39.5 Å². The van der Waals surface area contributed by atoms with Crippen LogP contribution in [0.25, 0.3) is 0 Å². The van der Waals surface area contributed by atoms with Crippen molar-refractivity contribution in [2.75, 3.05) is 19.0 Å². The SMILES string of the molecule is CC.CNc1cccc(OCC(O)(C(=O)O)C2CCCC2)c1. The summed E-state index contributed by atoms with van der Waals surface area (Å²) in [6.45, 7) is 3.78. The molecule has 2 rings (SSSR count). The Bertz CT molecular complexity index is 471. The summed E-state index contributed by atoms with van der Waals surface area (Å²) in [7, 11) is 1.80. The second-order valence-corrected chi connectivity index (χ2v) is 5.28. The van der Waals surface area contributed by atoms with E-state index in [9.17, 15) is 15.0 Å². The third-order valence-corrected chi connectivity index (χ3v) is 3.98. The highest BCUT2D eigenvalue weighted by molar-refractivity contribution is 5.78. The molecule has 22 heavy (non-hydrogen) atoms. The van der Waals surface area contributed by atoms with Gasteiger partial charge in [0.15, 0.2) is 5.60 Å². The van der Waals surface area contributed by atoms with Gasteiger partial charge in [0.25, 0.3) is 0 Å². The molecule has 0 amide bonds. The van der Waals surface area contributed by atoms with Gasteiger partial charge in [-0.15, -0.1) is 0 Å². The third kappa shape index (κ3) is 4.37. The Morgan fingerprint density at radius 1 is 1.36 bits per heavy atom. The lowest BCUT2D eigenvalue weighted by atomic mass is 9.87. The molecule has 124 valence electrons. The minimum Gasteiger partial charge on any atom is -0.490 e. The molecule has 1 atom stereocenters. The van der Waals surface area contributed by atoms with Crippen LogP contribution >= 0.6 is 0 Å². The van der Waals surface area contributed by atoms with Gasteiger partial charge in [-0.3, -0.25) is 0 Å². The number of aliphatic carboxylic acids is 1. The maximum absolute atomic E-state index is 11.4. The van der Waals surface area contributed by atoms with E-state index in [1.807, 2.05) is 26.0 Å². The Kier molecular flexibility index (Phi) is 7.18. The Balaban J connectivity index is 0.00000116. The Hall–Kier alpha value is -1.75. The Labute approximate surface area is 132 Å². The number of nitrogens with one attached hydrogen (secondary N) is 1. The van der Waals surface area contributed by atoms with Crippen molar-refractivity contribution < 1.29 is 19.7 Å². The average molecular weight is 309 g/mol. The molecule has 0 aromatic heterocycles. The average Bonchev–Trinajstić information content (AvgIpc) is 3.09. The summed E-state index contributed by atoms with van der Waals surface area (Å²) in [4.78, 5) is 11.4. The summed E-state index contributed by atoms with van der Waals surface area (Å²) < 4.78 is 5.52. The van der Waals surface area contributed by atoms with Crippen LogP contribution in [-0.4, -0.2) is 35.4 Å². The lowest BCUT2D eigenvalue weighted by Crippen LogP contribution is -2.50. The number of ether oxygens (including phenoxy) is 1. The normalized spacial score (nSPS) is 17.1. The molecule has 1 aromatic rings. The number of carbonyl (C=O) groups is 1. The van der Waals surface area contributed by atoms with Crippen LogP contribution in [0.4, 0.5) is 5.69 Å². The van der Waals surface area contributed by atoms with Crippen LogP contribution in [0.3, 0.4) is 0 Å². The molecule has 5 nitrogen and oxygen atoms in total. The molecule has 1 aliphatic rings. The molecule has 3 N–H and O–H groups in total. The lowest BCUT2D eigenvalue weighted by molar-refractivity contribution is -0.169. The van der Waals surface area contributed by atoms with Gasteiger partial charge >= 0.3 is 5.97 Å². The fraction of sp³-hybridized carbons (Fsp3) is 0.588. The first-order chi connectivity index (χ1) is 10.6. The van der Waals surface area contributed by atoms with Crippen molar-refractivity contribution in [3.63, 3.8) is 0 Å². The van der Waals surface area contributed by atoms with Crippen LogP contribution < -0.4 is 10.1 Å². The van der Waals surface area contributed by atoms with E-state index in [4.69, 9.17) is 4.74 Å². The van der Waals surface area contributed by atoms with Crippen LogP contribution in [0.2, 0.25) is 0 Å². The molecule has 0 radical (unpaired) electrons. The summed E-state index contributed by atoms with van der Waals surface area (Å²) in [6, 6.07) is 7.22. The Morgan fingerprint density at radius 2 is 2.00 bits per heavy atom. The molecule has 0 aliphatic heterocycles. The van der Waals surface area contributed by atoms with Crippen molar-refractivity contribution in [3.05, 3.63) is 24.3 Å². The molecule has 1 unspecified atom stereocenters. The van der Waals surface area contributed by atoms with Gasteiger partial charge in [-0.2, -0.15) is 0 Å². The standard InChI is InChI=1S/C15H21NO4.C2H6/c1-16-12-7-4-8-13(9-12)20-10-15(19,14(17)18)11-5-2-3-6-11;1-2/h4,7-9,11,16,19H,2-3,5-6,10H2,1H3,(H,17,18);1-2H3. The molecule has 1 fully saturated rings. The summed E-state index contributed by atoms with van der Waals surface area (Å²) in [5, 5.41) is 22.7. The maximum atomic E-state index is 11.4. The monoisotopic (exact) mass is 309 g/mol. The van der Waals surface area contributed by atoms with E-state index in [2.05, 4.69) is 5.32 Å². The lowest BCUT2D eigenvalue weighted by Gasteiger charge is -2.29. The highest BCUT2D eigenvalue weighted by Gasteiger charge is 2.46. The molecule has 0 bridgehead atoms. The van der Waals surface area contributed by atoms with Gasteiger partial charge in [-0.1, -0.05) is 32.8 Å². The molecule has 0 saturated heterocycles. The predicted molar refractivity (Wildman–Crippen MR) is 87.4 cm³/mol. The summed E-state index contributed by atoms with van der Waals surface area (Å²) in [5.41, 5.74) is -0.922. The van der Waals surface area contributed by atoms with Crippen molar-refractivity contribution in [2.24, 2.45) is 5.92 Å². The van der Waals surface area contributed by atoms with Crippen molar-refractivity contribution in [3.8, 4) is 5.75 Å². The van der Waals surface area contributed by atoms with E-state index in [1.54, 1.807) is 19.2 Å². The van der Waals surface area contributed by atoms with Gasteiger partial charge < -0.3 is 20.3 Å². The summed E-state index contributed by atoms with van der Waals surface area (Å²) in [6.07, 6.45) is 3.41. The zero-order chi connectivity index (χ0) is 16.6. The van der Waals surface area contributed by atoms with Crippen molar-refractivity contribution >= 4 is 11.7 Å². The highest BCUT2D eigenvalue weighted by atomic mass is 16.5. The molecular weight excluding hydrogens is 282 g/mol. The number of anilines is 1. The molecule has 1 saturated carbocycles. The zero-order valence-electron chi connectivity index (χ0n) is 13.6. The fourth-order valence-electron chi connectivity index (χ4n) is 2.69. The first-order valence-corrected chi connectivity index (χ1v) is 7.92. The predicted octanol–water partition coefficient (Wildman–Crippen LogP) is 3.14. The van der Waals surface area contributed by atoms with E-state index in [-0.39, 0.29) is 12.5 Å². The smallest absolute Gasteiger partial charge is 0.339 e. The van der Waals surface area contributed by atoms with Gasteiger partial charge in [0.2, 0.25) is 0 Å². The van der Waals surface area contributed by atoms with Crippen LogP contribution in [-0.2, 0) is 4.79 Å². The van der Waals surface area contributed by atoms with E-state index in [1.165, 1.54) is 0 Å². The second kappa shape index (κ2) is 8.63. The van der Waals surface area contributed by atoms with Gasteiger partial charge in [0.1, 0.15) is 12.4 Å². The highest BCUT2D eigenvalue weighted by Crippen LogP contribution is 2.35. The second-order valence-electron chi connectivity index (χ2n) is 5.28. The van der Waals surface area contributed by atoms with Crippen molar-refractivity contribution in [2.45, 2.75) is 45.1 Å². The molecule has 5 heteroatoms. The number of benzene rings is 1. The van der Waals surface area contributed by atoms with Gasteiger partial charge in [-0.25, -0.2) is 4.79 Å².